The summed E-state index contributed by atoms with van der Waals surface area (Å²) in [6.07, 6.45) is 3.61. The Hall–Kier alpha value is -0.790. The smallest absolute Gasteiger partial charge is 0.265 e. The molecule has 1 radical (unpaired) electrons. The zero-order valence-electron chi connectivity index (χ0n) is 3.90. The molecule has 2 nitrogen and oxygen atoms in total. The molecule has 0 saturated carbocycles. The van der Waals surface area contributed by atoms with E-state index in [0.29, 0.717) is 5.57 Å². The number of hydrogen-bond donors (Lipinski definition) is 0. The first-order valence-electron chi connectivity index (χ1n) is 2.25. The number of carbonyl (C=O) groups excluding carboxylic acids is 1. The molecular formula is C5H6NO. The van der Waals surface area contributed by atoms with Crippen molar-refractivity contribution in [2.24, 2.45) is 0 Å². The van der Waals surface area contributed by atoms with E-state index in [1.807, 2.05) is 0 Å². The minimum absolute atomic E-state index is 0.508. The van der Waals surface area contributed by atoms with Crippen molar-refractivity contribution in [3.63, 3.8) is 0 Å². The van der Waals surface area contributed by atoms with E-state index < -0.39 is 5.91 Å². The zero-order chi connectivity index (χ0) is 5.28. The van der Waals surface area contributed by atoms with Crippen LogP contribution in [-0.4, -0.2) is 5.91 Å². The molecule has 0 atom stereocenters. The number of rotatable bonds is 1. The van der Waals surface area contributed by atoms with Crippen LogP contribution < -0.4 is 5.73 Å². The molecule has 0 bridgehead atoms. The lowest BCUT2D eigenvalue weighted by molar-refractivity contribution is -0.115. The Morgan fingerprint density at radius 1 is 1.86 bits per heavy atom. The van der Waals surface area contributed by atoms with Gasteiger partial charge in [0.2, 0.25) is 0 Å². The number of amides is 1. The summed E-state index contributed by atoms with van der Waals surface area (Å²) in [7, 11) is 0. The lowest BCUT2D eigenvalue weighted by Gasteiger charge is -2.07. The Kier molecular flexibility index (Phi) is 0.855. The van der Waals surface area contributed by atoms with Gasteiger partial charge >= 0.3 is 0 Å². The monoisotopic (exact) mass is 96.0 g/mol. The van der Waals surface area contributed by atoms with Crippen LogP contribution in [0.5, 0.6) is 0 Å². The Bertz CT molecular complexity index is 126. The van der Waals surface area contributed by atoms with E-state index in [9.17, 15) is 4.79 Å². The number of nitrogens with one attached hydrogen (secondary N) is 1. The molecule has 2 heteroatoms. The van der Waals surface area contributed by atoms with Gasteiger partial charge in [0, 0.05) is 5.57 Å². The van der Waals surface area contributed by atoms with Crippen LogP contribution in [0.4, 0.5) is 0 Å². The second-order valence-corrected chi connectivity index (χ2v) is 1.60. The van der Waals surface area contributed by atoms with Crippen LogP contribution in [0.3, 0.4) is 0 Å². The van der Waals surface area contributed by atoms with E-state index in [1.165, 1.54) is 0 Å². The molecule has 1 amide bonds. The normalized spacial score (nSPS) is 17.4. The third-order valence-electron chi connectivity index (χ3n) is 1.10. The van der Waals surface area contributed by atoms with Crippen LogP contribution in [0, 0.1) is 0 Å². The van der Waals surface area contributed by atoms with Crippen LogP contribution in [0.15, 0.2) is 11.6 Å². The molecule has 0 aromatic heterocycles. The minimum atomic E-state index is -0.508. The molecule has 1 rings (SSSR count). The van der Waals surface area contributed by atoms with Gasteiger partial charge in [-0.1, -0.05) is 6.08 Å². The fourth-order valence-electron chi connectivity index (χ4n) is 0.495. The molecule has 0 aromatic carbocycles. The van der Waals surface area contributed by atoms with E-state index in [1.54, 1.807) is 6.08 Å². The SMILES string of the molecule is [NH]C(=O)C1=CCC1. The number of allylic oxidation sites excluding steroid dienone is 1. The summed E-state index contributed by atoms with van der Waals surface area (Å²) >= 11 is 0. The Morgan fingerprint density at radius 2 is 2.43 bits per heavy atom. The van der Waals surface area contributed by atoms with Gasteiger partial charge < -0.3 is 0 Å². The van der Waals surface area contributed by atoms with Crippen LogP contribution in [-0.2, 0) is 4.79 Å². The fraction of sp³-hybridized carbons (Fsp3) is 0.400. The van der Waals surface area contributed by atoms with Crippen LogP contribution in [0.1, 0.15) is 12.8 Å². The molecule has 1 aliphatic rings. The summed E-state index contributed by atoms with van der Waals surface area (Å²) in [5.74, 6) is -0.508. The van der Waals surface area contributed by atoms with Gasteiger partial charge in [-0.3, -0.25) is 10.5 Å². The second-order valence-electron chi connectivity index (χ2n) is 1.60. The van der Waals surface area contributed by atoms with E-state index in [4.69, 9.17) is 5.73 Å². The summed E-state index contributed by atoms with van der Waals surface area (Å²) in [6, 6.07) is 0. The van der Waals surface area contributed by atoms with Crippen LogP contribution in [0.25, 0.3) is 0 Å². The van der Waals surface area contributed by atoms with Crippen molar-refractivity contribution < 1.29 is 4.79 Å². The van der Waals surface area contributed by atoms with Crippen molar-refractivity contribution in [3.8, 4) is 0 Å². The van der Waals surface area contributed by atoms with Crippen LogP contribution >= 0.6 is 0 Å². The Labute approximate surface area is 42.0 Å². The first kappa shape index (κ1) is 4.37. The molecule has 1 aliphatic carbocycles. The summed E-state index contributed by atoms with van der Waals surface area (Å²) in [5, 5.41) is 0. The van der Waals surface area contributed by atoms with Crippen molar-refractivity contribution in [1.82, 2.24) is 5.73 Å². The van der Waals surface area contributed by atoms with Gasteiger partial charge in [-0.15, -0.1) is 0 Å². The van der Waals surface area contributed by atoms with Crippen LogP contribution in [0.2, 0.25) is 0 Å². The maximum absolute atomic E-state index is 10.0. The molecule has 0 heterocycles. The van der Waals surface area contributed by atoms with Gasteiger partial charge in [0.05, 0.1) is 0 Å². The molecule has 0 unspecified atom stereocenters. The highest BCUT2D eigenvalue weighted by Gasteiger charge is 2.10. The number of carbonyl (C=O) groups is 1. The van der Waals surface area contributed by atoms with Gasteiger partial charge in [-0.25, -0.2) is 0 Å². The summed E-state index contributed by atoms with van der Waals surface area (Å²) in [4.78, 5) is 10.0. The zero-order valence-corrected chi connectivity index (χ0v) is 3.90. The molecule has 0 aromatic rings. The maximum atomic E-state index is 10.0. The van der Waals surface area contributed by atoms with Gasteiger partial charge in [0.1, 0.15) is 0 Å². The minimum Gasteiger partial charge on any atom is -0.268 e. The predicted molar refractivity (Wildman–Crippen MR) is 25.4 cm³/mol. The first-order chi connectivity index (χ1) is 3.30. The number of hydrogen-bond acceptors (Lipinski definition) is 1. The van der Waals surface area contributed by atoms with Crippen molar-refractivity contribution in [2.75, 3.05) is 0 Å². The molecular weight excluding hydrogens is 90.1 g/mol. The van der Waals surface area contributed by atoms with E-state index in [2.05, 4.69) is 0 Å². The average Bonchev–Trinajstić information content (AvgIpc) is 1.23. The highest BCUT2D eigenvalue weighted by molar-refractivity contribution is 5.92. The standard InChI is InChI=1S/C5H6NO/c6-5(7)4-2-1-3-4/h2,6H,1,3H2. The van der Waals surface area contributed by atoms with Gasteiger partial charge in [-0.2, -0.15) is 0 Å². The highest BCUT2D eigenvalue weighted by Crippen LogP contribution is 2.16. The Balaban J connectivity index is 2.57. The predicted octanol–water partition coefficient (Wildman–Crippen LogP) is 0.516. The van der Waals surface area contributed by atoms with Gasteiger partial charge in [-0.05, 0) is 12.8 Å². The molecule has 7 heavy (non-hydrogen) atoms. The van der Waals surface area contributed by atoms with Crippen molar-refractivity contribution in [3.05, 3.63) is 11.6 Å². The third-order valence-corrected chi connectivity index (χ3v) is 1.10. The molecule has 0 aliphatic heterocycles. The van der Waals surface area contributed by atoms with E-state index in [-0.39, 0.29) is 0 Å². The largest absolute Gasteiger partial charge is 0.268 e. The highest BCUT2D eigenvalue weighted by atomic mass is 16.1. The van der Waals surface area contributed by atoms with E-state index in [0.717, 1.165) is 12.8 Å². The van der Waals surface area contributed by atoms with Crippen molar-refractivity contribution in [1.29, 1.82) is 0 Å². The summed E-state index contributed by atoms with van der Waals surface area (Å²) in [6.45, 7) is 0. The first-order valence-corrected chi connectivity index (χ1v) is 2.25. The van der Waals surface area contributed by atoms with Gasteiger partial charge in [0.15, 0.2) is 0 Å². The fourth-order valence-corrected chi connectivity index (χ4v) is 0.495. The molecule has 37 valence electrons. The average molecular weight is 96.1 g/mol. The molecule has 0 saturated heterocycles. The Morgan fingerprint density at radius 3 is 2.43 bits per heavy atom. The van der Waals surface area contributed by atoms with E-state index >= 15 is 0 Å². The van der Waals surface area contributed by atoms with Gasteiger partial charge in [0.25, 0.3) is 5.91 Å². The molecule has 1 N–H and O–H groups in total. The third kappa shape index (κ3) is 0.633. The topological polar surface area (TPSA) is 40.9 Å². The lowest BCUT2D eigenvalue weighted by Crippen LogP contribution is -2.07. The maximum Gasteiger partial charge on any atom is 0.265 e. The molecule has 0 fully saturated rings. The second kappa shape index (κ2) is 1.37. The lowest BCUT2D eigenvalue weighted by atomic mass is 9.99. The van der Waals surface area contributed by atoms with Crippen molar-refractivity contribution >= 4 is 5.91 Å². The summed E-state index contributed by atoms with van der Waals surface area (Å²) in [5.41, 5.74) is 7.21. The molecule has 0 spiro atoms. The van der Waals surface area contributed by atoms with Crippen molar-refractivity contribution in [2.45, 2.75) is 12.8 Å². The summed E-state index contributed by atoms with van der Waals surface area (Å²) < 4.78 is 0. The quantitative estimate of drug-likeness (QED) is 0.469.